The molecule has 0 bridgehead atoms. The summed E-state index contributed by atoms with van der Waals surface area (Å²) in [5.41, 5.74) is 1.37. The molecule has 0 aliphatic carbocycles. The normalized spacial score (nSPS) is 17.1. The monoisotopic (exact) mass is 259 g/mol. The zero-order valence-corrected chi connectivity index (χ0v) is 11.1. The Hall–Kier alpha value is -1.99. The predicted octanol–water partition coefficient (Wildman–Crippen LogP) is 1.75. The lowest BCUT2D eigenvalue weighted by Gasteiger charge is -2.20. The molecule has 2 rings (SSSR count). The SMILES string of the molecule is C#CCNC(C(=O)O)c1cccc2c1OC(C)(C)C2. The molecule has 1 aliphatic rings. The van der Waals surface area contributed by atoms with Crippen molar-refractivity contribution in [1.29, 1.82) is 0 Å². The van der Waals surface area contributed by atoms with Crippen LogP contribution >= 0.6 is 0 Å². The van der Waals surface area contributed by atoms with Crippen molar-refractivity contribution >= 4 is 5.97 Å². The van der Waals surface area contributed by atoms with Crippen molar-refractivity contribution in [1.82, 2.24) is 5.32 Å². The summed E-state index contributed by atoms with van der Waals surface area (Å²) in [6, 6.07) is 4.74. The zero-order chi connectivity index (χ0) is 14.0. The van der Waals surface area contributed by atoms with Crippen LogP contribution in [0.25, 0.3) is 0 Å². The lowest BCUT2D eigenvalue weighted by Crippen LogP contribution is -2.30. The van der Waals surface area contributed by atoms with Crippen LogP contribution in [-0.4, -0.2) is 23.2 Å². The molecule has 19 heavy (non-hydrogen) atoms. The lowest BCUT2D eigenvalue weighted by molar-refractivity contribution is -0.139. The van der Waals surface area contributed by atoms with E-state index in [9.17, 15) is 9.90 Å². The fourth-order valence-corrected chi connectivity index (χ4v) is 2.36. The molecule has 1 aliphatic heterocycles. The maximum absolute atomic E-state index is 11.4. The number of benzene rings is 1. The van der Waals surface area contributed by atoms with E-state index >= 15 is 0 Å². The average molecular weight is 259 g/mol. The molecular formula is C15H17NO3. The highest BCUT2D eigenvalue weighted by atomic mass is 16.5. The van der Waals surface area contributed by atoms with Gasteiger partial charge in [-0.1, -0.05) is 24.1 Å². The molecule has 4 nitrogen and oxygen atoms in total. The highest BCUT2D eigenvalue weighted by Crippen LogP contribution is 2.39. The molecule has 4 heteroatoms. The first-order chi connectivity index (χ1) is 8.94. The highest BCUT2D eigenvalue weighted by molar-refractivity contribution is 5.77. The van der Waals surface area contributed by atoms with Gasteiger partial charge in [0.15, 0.2) is 0 Å². The molecule has 1 aromatic rings. The second kappa shape index (κ2) is 4.94. The van der Waals surface area contributed by atoms with Crippen molar-refractivity contribution in [2.75, 3.05) is 6.54 Å². The summed E-state index contributed by atoms with van der Waals surface area (Å²) in [5, 5.41) is 12.2. The second-order valence-corrected chi connectivity index (χ2v) is 5.23. The molecule has 1 aromatic carbocycles. The third kappa shape index (κ3) is 2.72. The molecule has 1 unspecified atom stereocenters. The van der Waals surface area contributed by atoms with Crippen LogP contribution in [-0.2, 0) is 11.2 Å². The summed E-state index contributed by atoms with van der Waals surface area (Å²) in [5.74, 6) is 2.10. The smallest absolute Gasteiger partial charge is 0.325 e. The van der Waals surface area contributed by atoms with Gasteiger partial charge in [0.2, 0.25) is 0 Å². The molecule has 0 saturated carbocycles. The summed E-state index contributed by atoms with van der Waals surface area (Å²) < 4.78 is 5.88. The number of para-hydroxylation sites is 1. The summed E-state index contributed by atoms with van der Waals surface area (Å²) >= 11 is 0. The first-order valence-electron chi connectivity index (χ1n) is 6.15. The number of carboxylic acids is 1. The topological polar surface area (TPSA) is 58.6 Å². The number of fused-ring (bicyclic) bond motifs is 1. The molecular weight excluding hydrogens is 242 g/mol. The largest absolute Gasteiger partial charge is 0.487 e. The van der Waals surface area contributed by atoms with E-state index in [1.165, 1.54) is 0 Å². The Bertz CT molecular complexity index is 543. The minimum Gasteiger partial charge on any atom is -0.487 e. The predicted molar refractivity (Wildman–Crippen MR) is 72.1 cm³/mol. The Morgan fingerprint density at radius 1 is 1.63 bits per heavy atom. The second-order valence-electron chi connectivity index (χ2n) is 5.23. The molecule has 0 radical (unpaired) electrons. The van der Waals surface area contributed by atoms with Crippen molar-refractivity contribution in [2.24, 2.45) is 0 Å². The van der Waals surface area contributed by atoms with Gasteiger partial charge in [0.25, 0.3) is 0 Å². The Balaban J connectivity index is 2.38. The third-order valence-electron chi connectivity index (χ3n) is 3.09. The minimum absolute atomic E-state index is 0.198. The Morgan fingerprint density at radius 2 is 2.37 bits per heavy atom. The maximum atomic E-state index is 11.4. The number of ether oxygens (including phenoxy) is 1. The highest BCUT2D eigenvalue weighted by Gasteiger charge is 2.34. The quantitative estimate of drug-likeness (QED) is 0.809. The summed E-state index contributed by atoms with van der Waals surface area (Å²) in [4.78, 5) is 11.4. The van der Waals surface area contributed by atoms with E-state index in [1.54, 1.807) is 6.07 Å². The van der Waals surface area contributed by atoms with Gasteiger partial charge in [-0.15, -0.1) is 6.42 Å². The Labute approximate surface area is 112 Å². The number of hydrogen-bond donors (Lipinski definition) is 2. The molecule has 0 spiro atoms. The van der Waals surface area contributed by atoms with Crippen LogP contribution in [0.5, 0.6) is 5.75 Å². The fourth-order valence-electron chi connectivity index (χ4n) is 2.36. The molecule has 0 saturated heterocycles. The van der Waals surface area contributed by atoms with Crippen molar-refractivity contribution < 1.29 is 14.6 Å². The maximum Gasteiger partial charge on any atom is 0.325 e. The van der Waals surface area contributed by atoms with E-state index in [4.69, 9.17) is 11.2 Å². The van der Waals surface area contributed by atoms with Crippen LogP contribution < -0.4 is 10.1 Å². The number of nitrogens with one attached hydrogen (secondary N) is 1. The van der Waals surface area contributed by atoms with E-state index in [0.717, 1.165) is 12.0 Å². The first-order valence-corrected chi connectivity index (χ1v) is 6.15. The number of rotatable bonds is 4. The van der Waals surface area contributed by atoms with Crippen molar-refractivity contribution in [3.63, 3.8) is 0 Å². The van der Waals surface area contributed by atoms with Gasteiger partial charge in [0, 0.05) is 12.0 Å². The van der Waals surface area contributed by atoms with Gasteiger partial charge in [0.05, 0.1) is 6.54 Å². The van der Waals surface area contributed by atoms with Crippen LogP contribution in [0.1, 0.15) is 31.0 Å². The van der Waals surface area contributed by atoms with Gasteiger partial charge in [-0.3, -0.25) is 10.1 Å². The molecule has 0 aromatic heterocycles. The number of carboxylic acid groups (broad SMARTS) is 1. The Morgan fingerprint density at radius 3 is 3.00 bits per heavy atom. The number of hydrogen-bond acceptors (Lipinski definition) is 3. The van der Waals surface area contributed by atoms with Gasteiger partial charge in [-0.25, -0.2) is 0 Å². The summed E-state index contributed by atoms with van der Waals surface area (Å²) in [6.45, 7) is 4.17. The van der Waals surface area contributed by atoms with Gasteiger partial charge >= 0.3 is 5.97 Å². The van der Waals surface area contributed by atoms with Gasteiger partial charge < -0.3 is 9.84 Å². The van der Waals surface area contributed by atoms with E-state index in [2.05, 4.69) is 11.2 Å². The summed E-state index contributed by atoms with van der Waals surface area (Å²) in [6.07, 6.45) is 5.95. The lowest BCUT2D eigenvalue weighted by atomic mass is 9.98. The van der Waals surface area contributed by atoms with Crippen LogP contribution in [0.15, 0.2) is 18.2 Å². The van der Waals surface area contributed by atoms with E-state index in [1.807, 2.05) is 26.0 Å². The van der Waals surface area contributed by atoms with Crippen molar-refractivity contribution in [3.05, 3.63) is 29.3 Å². The van der Waals surface area contributed by atoms with E-state index < -0.39 is 12.0 Å². The average Bonchev–Trinajstić information content (AvgIpc) is 2.63. The van der Waals surface area contributed by atoms with E-state index in [-0.39, 0.29) is 12.1 Å². The molecule has 100 valence electrons. The fraction of sp³-hybridized carbons (Fsp3) is 0.400. The van der Waals surface area contributed by atoms with Crippen LogP contribution in [0.3, 0.4) is 0 Å². The minimum atomic E-state index is -0.961. The number of aliphatic carboxylic acids is 1. The first kappa shape index (κ1) is 13.4. The molecule has 0 fully saturated rings. The zero-order valence-electron chi connectivity index (χ0n) is 11.1. The van der Waals surface area contributed by atoms with Crippen molar-refractivity contribution in [2.45, 2.75) is 31.9 Å². The van der Waals surface area contributed by atoms with Gasteiger partial charge in [-0.05, 0) is 19.4 Å². The molecule has 1 heterocycles. The van der Waals surface area contributed by atoms with Crippen LogP contribution in [0.4, 0.5) is 0 Å². The molecule has 0 amide bonds. The summed E-state index contributed by atoms with van der Waals surface area (Å²) in [7, 11) is 0. The van der Waals surface area contributed by atoms with E-state index in [0.29, 0.717) is 11.3 Å². The Kier molecular flexibility index (Phi) is 3.50. The molecule has 2 N–H and O–H groups in total. The van der Waals surface area contributed by atoms with Crippen molar-refractivity contribution in [3.8, 4) is 18.1 Å². The number of carbonyl (C=O) groups is 1. The standard InChI is InChI=1S/C15H17NO3/c1-4-8-16-12(14(17)18)11-7-5-6-10-9-15(2,3)19-13(10)11/h1,5-7,12,16H,8-9H2,2-3H3,(H,17,18). The van der Waals surface area contributed by atoms with Gasteiger partial charge in [-0.2, -0.15) is 0 Å². The molecule has 1 atom stereocenters. The van der Waals surface area contributed by atoms with Crippen LogP contribution in [0, 0.1) is 12.3 Å². The van der Waals surface area contributed by atoms with Gasteiger partial charge in [0.1, 0.15) is 17.4 Å². The van der Waals surface area contributed by atoms with Crippen LogP contribution in [0.2, 0.25) is 0 Å². The third-order valence-corrected chi connectivity index (χ3v) is 3.09. The number of terminal acetylenes is 1.